The molecule has 0 bridgehead atoms. The molecule has 0 saturated carbocycles. The number of aliphatic hydroxyl groups excluding tert-OH is 1. The molecule has 2 saturated heterocycles. The molecule has 5 atom stereocenters. The highest BCUT2D eigenvalue weighted by molar-refractivity contribution is 5.88. The molecule has 5 unspecified atom stereocenters. The molecule has 1 spiro atoms. The molecule has 0 amide bonds. The molecule has 1 aromatic carbocycles. The van der Waals surface area contributed by atoms with E-state index < -0.39 is 41.4 Å². The van der Waals surface area contributed by atoms with Gasteiger partial charge in [-0.15, -0.1) is 0 Å². The number of epoxide rings is 1. The number of aryl methyl sites for hydroxylation is 1. The zero-order valence-corrected chi connectivity index (χ0v) is 22.3. The van der Waals surface area contributed by atoms with E-state index in [0.717, 1.165) is 5.57 Å². The number of phenolic OH excluding ortho intramolecular Hbond substituents is 1. The van der Waals surface area contributed by atoms with Gasteiger partial charge in [-0.3, -0.25) is 4.79 Å². The topological polar surface area (TPSA) is 157 Å². The zero-order chi connectivity index (χ0) is 27.7. The van der Waals surface area contributed by atoms with Crippen molar-refractivity contribution in [3.63, 3.8) is 0 Å². The first-order chi connectivity index (χ1) is 18.5. The molecule has 6 rings (SSSR count). The summed E-state index contributed by atoms with van der Waals surface area (Å²) in [6, 6.07) is 2.94. The van der Waals surface area contributed by atoms with Crippen LogP contribution in [0.4, 0.5) is 0 Å². The molecule has 39 heavy (non-hydrogen) atoms. The average molecular weight is 539 g/mol. The van der Waals surface area contributed by atoms with Crippen LogP contribution in [0.15, 0.2) is 44.9 Å². The third kappa shape index (κ3) is 4.35. The van der Waals surface area contributed by atoms with E-state index in [2.05, 4.69) is 5.32 Å². The van der Waals surface area contributed by atoms with Crippen LogP contribution in [-0.2, 0) is 14.3 Å². The number of esters is 1. The Balaban J connectivity index is 1.32. The third-order valence-corrected chi connectivity index (χ3v) is 8.36. The standard InChI is InChI=1S/C29H34N2O8/c1-14-10-18(33)24-19(36-14)12-20-23(25(24)34)17-6-5-16(32)13-29(27(35)37-26(17)28(2,3)38-20)21(39-29)7-4-15-8-9-31-22(30)11-15/h8,10-12,16-17,21,26,31-32,34H,4-7,9,13,30H2,1-3H3. The molecular weight excluding hydrogens is 504 g/mol. The van der Waals surface area contributed by atoms with E-state index in [0.29, 0.717) is 55.1 Å². The van der Waals surface area contributed by atoms with E-state index >= 15 is 0 Å². The number of nitrogens with one attached hydrogen (secondary N) is 1. The Morgan fingerprint density at radius 1 is 1.21 bits per heavy atom. The molecule has 5 heterocycles. The lowest BCUT2D eigenvalue weighted by Crippen LogP contribution is -2.52. The van der Waals surface area contributed by atoms with Crippen molar-refractivity contribution in [2.75, 3.05) is 6.54 Å². The second kappa shape index (κ2) is 9.02. The van der Waals surface area contributed by atoms with Crippen LogP contribution in [0.2, 0.25) is 0 Å². The van der Waals surface area contributed by atoms with E-state index in [9.17, 15) is 19.8 Å². The number of fused-ring (bicyclic) bond motifs is 4. The highest BCUT2D eigenvalue weighted by atomic mass is 16.7. The fourth-order valence-electron chi connectivity index (χ4n) is 6.43. The fourth-order valence-corrected chi connectivity index (χ4v) is 6.43. The Morgan fingerprint density at radius 2 is 2.00 bits per heavy atom. The largest absolute Gasteiger partial charge is 0.507 e. The van der Waals surface area contributed by atoms with Crippen molar-refractivity contribution in [2.45, 2.75) is 88.3 Å². The van der Waals surface area contributed by atoms with Crippen molar-refractivity contribution in [3.8, 4) is 11.5 Å². The minimum atomic E-state index is -1.24. The summed E-state index contributed by atoms with van der Waals surface area (Å²) in [5.41, 5.74) is 4.96. The summed E-state index contributed by atoms with van der Waals surface area (Å²) in [6.45, 7) is 5.95. The van der Waals surface area contributed by atoms with Crippen molar-refractivity contribution in [3.05, 3.63) is 57.2 Å². The smallest absolute Gasteiger partial charge is 0.341 e. The monoisotopic (exact) mass is 538 g/mol. The lowest BCUT2D eigenvalue weighted by Gasteiger charge is -2.44. The number of aliphatic hydroxyl groups is 1. The number of rotatable bonds is 3. The predicted molar refractivity (Wildman–Crippen MR) is 141 cm³/mol. The van der Waals surface area contributed by atoms with E-state index in [1.54, 1.807) is 13.0 Å². The van der Waals surface area contributed by atoms with Gasteiger partial charge in [0, 0.05) is 36.6 Å². The molecule has 2 fully saturated rings. The minimum absolute atomic E-state index is 0.0529. The maximum absolute atomic E-state index is 13.7. The quantitative estimate of drug-likeness (QED) is 0.338. The second-order valence-electron chi connectivity index (χ2n) is 11.6. The van der Waals surface area contributed by atoms with Gasteiger partial charge < -0.3 is 39.9 Å². The van der Waals surface area contributed by atoms with Crippen LogP contribution in [0.5, 0.6) is 11.5 Å². The van der Waals surface area contributed by atoms with Gasteiger partial charge in [-0.2, -0.15) is 0 Å². The molecule has 5 N–H and O–H groups in total. The number of allylic oxidation sites excluding steroid dienone is 2. The Labute approximate surface area is 225 Å². The van der Waals surface area contributed by atoms with Gasteiger partial charge in [-0.1, -0.05) is 6.08 Å². The lowest BCUT2D eigenvalue weighted by atomic mass is 9.77. The summed E-state index contributed by atoms with van der Waals surface area (Å²) < 4.78 is 24.1. The van der Waals surface area contributed by atoms with Gasteiger partial charge >= 0.3 is 5.97 Å². The SMILES string of the molecule is Cc1cc(=O)c2c(O)c3c(cc2o1)OC(C)(C)C1OC(=O)C2(CC(O)CCC31)OC2CCC1=CCNC(N)=C1. The summed E-state index contributed by atoms with van der Waals surface area (Å²) in [7, 11) is 0. The van der Waals surface area contributed by atoms with Gasteiger partial charge in [-0.05, 0) is 58.1 Å². The van der Waals surface area contributed by atoms with Crippen LogP contribution in [0.25, 0.3) is 11.0 Å². The summed E-state index contributed by atoms with van der Waals surface area (Å²) in [5.74, 6) is 0.0682. The summed E-state index contributed by atoms with van der Waals surface area (Å²) in [6.07, 6.45) is 4.04. The second-order valence-corrected chi connectivity index (χ2v) is 11.6. The number of hydrogen-bond donors (Lipinski definition) is 4. The third-order valence-electron chi connectivity index (χ3n) is 8.36. The number of benzene rings is 1. The van der Waals surface area contributed by atoms with Crippen molar-refractivity contribution in [2.24, 2.45) is 5.73 Å². The Hall–Kier alpha value is -3.50. The van der Waals surface area contributed by atoms with E-state index in [-0.39, 0.29) is 28.6 Å². The molecule has 0 radical (unpaired) electrons. The molecule has 10 heteroatoms. The normalized spacial score (nSPS) is 31.3. The van der Waals surface area contributed by atoms with Gasteiger partial charge in [0.1, 0.15) is 39.9 Å². The molecular formula is C29H34N2O8. The van der Waals surface area contributed by atoms with Gasteiger partial charge in [0.15, 0.2) is 11.0 Å². The van der Waals surface area contributed by atoms with Crippen LogP contribution >= 0.6 is 0 Å². The molecule has 1 aromatic heterocycles. The first kappa shape index (κ1) is 25.8. The lowest BCUT2D eigenvalue weighted by molar-refractivity contribution is -0.171. The highest BCUT2D eigenvalue weighted by Gasteiger charge is 2.65. The van der Waals surface area contributed by atoms with E-state index in [1.165, 1.54) is 6.07 Å². The summed E-state index contributed by atoms with van der Waals surface area (Å²) in [5, 5.41) is 25.4. The van der Waals surface area contributed by atoms with Crippen LogP contribution in [0, 0.1) is 6.92 Å². The number of hydrogen-bond acceptors (Lipinski definition) is 10. The van der Waals surface area contributed by atoms with Crippen LogP contribution < -0.4 is 21.2 Å². The van der Waals surface area contributed by atoms with E-state index in [4.69, 9.17) is 24.4 Å². The maximum Gasteiger partial charge on any atom is 0.341 e. The number of phenols is 1. The summed E-state index contributed by atoms with van der Waals surface area (Å²) >= 11 is 0. The Morgan fingerprint density at radius 3 is 2.77 bits per heavy atom. The molecule has 2 aromatic rings. The van der Waals surface area contributed by atoms with Crippen molar-refractivity contribution < 1.29 is 33.6 Å². The first-order valence-electron chi connectivity index (χ1n) is 13.4. The van der Waals surface area contributed by atoms with Gasteiger partial charge in [0.05, 0.1) is 18.0 Å². The Kier molecular flexibility index (Phi) is 5.96. The van der Waals surface area contributed by atoms with Crippen molar-refractivity contribution >= 4 is 16.9 Å². The van der Waals surface area contributed by atoms with Crippen LogP contribution in [0.1, 0.15) is 63.2 Å². The van der Waals surface area contributed by atoms with E-state index in [1.807, 2.05) is 26.0 Å². The summed E-state index contributed by atoms with van der Waals surface area (Å²) in [4.78, 5) is 26.5. The van der Waals surface area contributed by atoms with Gasteiger partial charge in [-0.25, -0.2) is 4.79 Å². The number of ether oxygens (including phenoxy) is 3. The van der Waals surface area contributed by atoms with Crippen molar-refractivity contribution in [1.82, 2.24) is 5.32 Å². The van der Waals surface area contributed by atoms with Gasteiger partial charge in [0.25, 0.3) is 0 Å². The van der Waals surface area contributed by atoms with Crippen molar-refractivity contribution in [1.29, 1.82) is 0 Å². The zero-order valence-electron chi connectivity index (χ0n) is 22.3. The number of nitrogens with two attached hydrogens (primary N) is 1. The Bertz CT molecular complexity index is 1470. The molecule has 10 nitrogen and oxygen atoms in total. The number of carbonyl (C=O) groups is 1. The molecule has 208 valence electrons. The fraction of sp³-hybridized carbons (Fsp3) is 0.517. The molecule has 4 aliphatic heterocycles. The number of aromatic hydroxyl groups is 1. The predicted octanol–water partition coefficient (Wildman–Crippen LogP) is 2.77. The average Bonchev–Trinajstić information content (AvgIpc) is 3.54. The molecule has 4 aliphatic rings. The first-order valence-corrected chi connectivity index (χ1v) is 13.4. The van der Waals surface area contributed by atoms with Gasteiger partial charge in [0.2, 0.25) is 0 Å². The minimum Gasteiger partial charge on any atom is -0.507 e. The highest BCUT2D eigenvalue weighted by Crippen LogP contribution is 2.53. The number of carbonyl (C=O) groups excluding carboxylic acids is 1. The molecule has 0 aliphatic carbocycles. The van der Waals surface area contributed by atoms with Crippen LogP contribution in [-0.4, -0.2) is 52.2 Å². The maximum atomic E-state index is 13.7. The number of dihydropyridines is 1. The van der Waals surface area contributed by atoms with Crippen LogP contribution in [0.3, 0.4) is 0 Å².